The van der Waals surface area contributed by atoms with Gasteiger partial charge in [0.15, 0.2) is 0 Å². The second-order valence-corrected chi connectivity index (χ2v) is 9.59. The topological polar surface area (TPSA) is 151 Å². The molecule has 37 heavy (non-hydrogen) atoms. The molecule has 0 fully saturated rings. The molecule has 2 aromatic rings. The number of amides is 1. The van der Waals surface area contributed by atoms with Crippen molar-refractivity contribution in [3.63, 3.8) is 0 Å². The van der Waals surface area contributed by atoms with Gasteiger partial charge in [-0.3, -0.25) is 14.4 Å². The van der Waals surface area contributed by atoms with Crippen LogP contribution in [0.1, 0.15) is 58.3 Å². The van der Waals surface area contributed by atoms with E-state index in [4.69, 9.17) is 4.79 Å². The van der Waals surface area contributed by atoms with E-state index in [0.717, 1.165) is 42.6 Å². The molecule has 0 saturated carbocycles. The molecule has 0 aliphatic heterocycles. The quantitative estimate of drug-likeness (QED) is 0.158. The highest BCUT2D eigenvalue weighted by Gasteiger charge is 2.09. The summed E-state index contributed by atoms with van der Waals surface area (Å²) in [7, 11) is 3.55. The van der Waals surface area contributed by atoms with Crippen LogP contribution in [0.5, 0.6) is 0 Å². The van der Waals surface area contributed by atoms with E-state index in [1.165, 1.54) is 19.1 Å². The Bertz CT molecular complexity index is 849. The van der Waals surface area contributed by atoms with Crippen molar-refractivity contribution < 1.29 is 19.2 Å². The first-order valence-electron chi connectivity index (χ1n) is 11.6. The monoisotopic (exact) mass is 554 g/mol. The minimum atomic E-state index is -0.430. The van der Waals surface area contributed by atoms with Crippen molar-refractivity contribution >= 4 is 45.3 Å². The molecular weight excluding hydrogens is 512 g/mol. The van der Waals surface area contributed by atoms with Crippen LogP contribution in [0, 0.1) is 13.8 Å². The molecule has 2 heterocycles. The molecule has 0 unspecified atom stereocenters. The van der Waals surface area contributed by atoms with E-state index in [2.05, 4.69) is 50.1 Å². The number of rotatable bonds is 5. The van der Waals surface area contributed by atoms with Gasteiger partial charge in [-0.25, -0.2) is 4.98 Å². The van der Waals surface area contributed by atoms with Crippen LogP contribution in [0.15, 0.2) is 42.5 Å². The molecule has 3 N–H and O–H groups in total. The summed E-state index contributed by atoms with van der Waals surface area (Å²) in [5, 5.41) is 12.5. The Kier molecular flexibility index (Phi) is 30.5. The van der Waals surface area contributed by atoms with Crippen molar-refractivity contribution in [2.24, 2.45) is 0 Å². The molecule has 0 radical (unpaired) electrons. The maximum absolute atomic E-state index is 10.6. The van der Waals surface area contributed by atoms with E-state index in [9.17, 15) is 14.4 Å². The molecule has 3 rings (SSSR count). The zero-order valence-corrected chi connectivity index (χ0v) is 24.8. The van der Waals surface area contributed by atoms with Gasteiger partial charge in [-0.2, -0.15) is 15.4 Å². The van der Waals surface area contributed by atoms with Crippen molar-refractivity contribution in [1.82, 2.24) is 30.7 Å². The second kappa shape index (κ2) is 29.2. The number of unbranched alkanes of at least 4 members (excludes halogenated alkanes) is 1. The third-order valence-electron chi connectivity index (χ3n) is 3.61. The molecule has 1 amide bonds. The largest absolute Gasteiger partial charge is 0.356 e. The van der Waals surface area contributed by atoms with Crippen molar-refractivity contribution in [2.45, 2.75) is 60.8 Å². The molecule has 1 aliphatic rings. The van der Waals surface area contributed by atoms with Gasteiger partial charge in [0.25, 0.3) is 0 Å². The number of carbonyl (C=O) groups is 4. The minimum Gasteiger partial charge on any atom is -0.356 e. The highest BCUT2D eigenvalue weighted by Crippen LogP contribution is 2.09. The van der Waals surface area contributed by atoms with Gasteiger partial charge in [0, 0.05) is 24.9 Å². The van der Waals surface area contributed by atoms with Crippen molar-refractivity contribution in [2.75, 3.05) is 19.1 Å². The van der Waals surface area contributed by atoms with Gasteiger partial charge in [0.05, 0.1) is 18.2 Å². The number of nitrogens with zero attached hydrogens (tertiary/aromatic N) is 3. The number of hydrogen-bond acceptors (Lipinski definition) is 9. The Morgan fingerprint density at radius 1 is 1.05 bits per heavy atom. The lowest BCUT2D eigenvalue weighted by atomic mass is 10.1. The van der Waals surface area contributed by atoms with Crippen molar-refractivity contribution in [3.05, 3.63) is 53.9 Å². The molecule has 0 bridgehead atoms. The number of imidazole rings is 1. The molecule has 12 heteroatoms. The lowest BCUT2D eigenvalue weighted by molar-refractivity contribution is -0.131. The maximum Gasteiger partial charge on any atom is 0.225 e. The van der Waals surface area contributed by atoms with Crippen LogP contribution in [0.2, 0.25) is 0 Å². The van der Waals surface area contributed by atoms with E-state index < -0.39 is 11.6 Å². The SMILES string of the molecule is CC1=CC(=O)C(=O)C=C1.CC=O.CCCCNC(=O)CC.CSSC.Cc1cn[nH]n1.Cc1cnc[nH]1. The fourth-order valence-electron chi connectivity index (χ4n) is 1.73. The Morgan fingerprint density at radius 3 is 1.95 bits per heavy atom. The predicted octanol–water partition coefficient (Wildman–Crippen LogP) is 4.62. The van der Waals surface area contributed by atoms with Gasteiger partial charge < -0.3 is 15.1 Å². The number of carbonyl (C=O) groups excluding carboxylic acids is 4. The van der Waals surface area contributed by atoms with Gasteiger partial charge in [0.2, 0.25) is 17.5 Å². The van der Waals surface area contributed by atoms with Crippen molar-refractivity contribution in [3.8, 4) is 0 Å². The Labute approximate surface area is 228 Å². The number of hydrogen-bond donors (Lipinski definition) is 3. The number of H-pyrrole nitrogens is 2. The average Bonchev–Trinajstić information content (AvgIpc) is 3.57. The number of allylic oxidation sites excluding steroid dienone is 4. The molecule has 10 nitrogen and oxygen atoms in total. The fraction of sp³-hybridized carbons (Fsp3) is 0.480. The predicted molar refractivity (Wildman–Crippen MR) is 154 cm³/mol. The molecule has 1 aliphatic carbocycles. The maximum atomic E-state index is 10.6. The summed E-state index contributed by atoms with van der Waals surface area (Å²) < 4.78 is 0. The number of aldehydes is 1. The minimum absolute atomic E-state index is 0.156. The zero-order valence-electron chi connectivity index (χ0n) is 23.2. The fourth-order valence-corrected chi connectivity index (χ4v) is 1.73. The van der Waals surface area contributed by atoms with Crippen LogP contribution in [-0.2, 0) is 19.2 Å². The van der Waals surface area contributed by atoms with Gasteiger partial charge in [-0.05, 0) is 64.4 Å². The molecule has 208 valence electrons. The molecule has 0 saturated heterocycles. The summed E-state index contributed by atoms with van der Waals surface area (Å²) in [6.45, 7) is 11.9. The first-order chi connectivity index (χ1) is 17.6. The van der Waals surface area contributed by atoms with Crippen LogP contribution in [0.3, 0.4) is 0 Å². The molecule has 0 spiro atoms. The molecular formula is C25H42N6O4S2. The van der Waals surface area contributed by atoms with E-state index in [1.807, 2.05) is 20.8 Å². The highest BCUT2D eigenvalue weighted by molar-refractivity contribution is 8.76. The normalized spacial score (nSPS) is 10.6. The summed E-state index contributed by atoms with van der Waals surface area (Å²) in [6.07, 6.45) is 17.1. The first-order valence-corrected chi connectivity index (χ1v) is 14.5. The van der Waals surface area contributed by atoms with Crippen LogP contribution in [0.4, 0.5) is 0 Å². The average molecular weight is 555 g/mol. The number of aryl methyl sites for hydroxylation is 2. The van der Waals surface area contributed by atoms with Gasteiger partial charge in [-0.15, -0.1) is 0 Å². The van der Waals surface area contributed by atoms with Gasteiger partial charge >= 0.3 is 0 Å². The van der Waals surface area contributed by atoms with E-state index in [1.54, 1.807) is 53.3 Å². The number of aromatic nitrogens is 5. The van der Waals surface area contributed by atoms with Crippen LogP contribution in [-0.4, -0.2) is 68.2 Å². The van der Waals surface area contributed by atoms with E-state index in [0.29, 0.717) is 6.42 Å². The summed E-state index contributed by atoms with van der Waals surface area (Å²) in [4.78, 5) is 47.0. The number of aromatic amines is 2. The van der Waals surface area contributed by atoms with Gasteiger partial charge in [0.1, 0.15) is 6.29 Å². The summed E-state index contributed by atoms with van der Waals surface area (Å²) in [5.41, 5.74) is 2.87. The van der Waals surface area contributed by atoms with E-state index >= 15 is 0 Å². The van der Waals surface area contributed by atoms with Crippen LogP contribution in [0.25, 0.3) is 0 Å². The Hall–Kier alpha value is -2.99. The van der Waals surface area contributed by atoms with E-state index in [-0.39, 0.29) is 5.91 Å². The Morgan fingerprint density at radius 2 is 1.68 bits per heavy atom. The molecule has 0 atom stereocenters. The summed E-state index contributed by atoms with van der Waals surface area (Å²) in [5.74, 6) is -0.695. The zero-order chi connectivity index (χ0) is 28.9. The highest BCUT2D eigenvalue weighted by atomic mass is 33.1. The second-order valence-electron chi connectivity index (χ2n) is 6.92. The Balaban J connectivity index is -0.000000389. The number of nitrogens with one attached hydrogen (secondary N) is 3. The standard InChI is InChI=1S/C7H15NO.C7H6O2.C4H6N2.C3H5N3.C2H4O.C2H6S2/c1-3-5-6-8-7(9)4-2;1-5-2-3-6(8)7(9)4-5;1-4-2-5-3-6-4;1-3-2-4-6-5-3;1-2-3;1-3-4-2/h3-6H2,1-2H3,(H,8,9);2-4H,1H3;2-3H,1H3,(H,5,6);2H,1H3,(H,4,5,6);2H,1H3;1-2H3. The summed E-state index contributed by atoms with van der Waals surface area (Å²) in [6, 6.07) is 0. The van der Waals surface area contributed by atoms with Gasteiger partial charge in [-0.1, -0.05) is 47.9 Å². The van der Waals surface area contributed by atoms with Crippen LogP contribution < -0.4 is 5.32 Å². The lowest BCUT2D eigenvalue weighted by Gasteiger charge is -1.99. The molecule has 0 aromatic carbocycles. The number of ketones is 2. The third kappa shape index (κ3) is 31.0. The van der Waals surface area contributed by atoms with Crippen molar-refractivity contribution in [1.29, 1.82) is 0 Å². The first kappa shape index (κ1) is 38.5. The smallest absolute Gasteiger partial charge is 0.225 e. The van der Waals surface area contributed by atoms with Crippen LogP contribution >= 0.6 is 21.6 Å². The third-order valence-corrected chi connectivity index (χ3v) is 4.94. The summed E-state index contributed by atoms with van der Waals surface area (Å²) >= 11 is 0. The lowest BCUT2D eigenvalue weighted by Crippen LogP contribution is -2.22. The molecule has 2 aromatic heterocycles.